The van der Waals surface area contributed by atoms with Crippen molar-refractivity contribution in [2.45, 2.75) is 19.9 Å². The molecule has 0 bridgehead atoms. The summed E-state index contributed by atoms with van der Waals surface area (Å²) in [6.07, 6.45) is 4.63. The van der Waals surface area contributed by atoms with Crippen molar-refractivity contribution in [2.75, 3.05) is 7.05 Å². The zero-order valence-electron chi connectivity index (χ0n) is 9.58. The molecule has 1 amide bonds. The lowest BCUT2D eigenvalue weighted by Crippen LogP contribution is -2.40. The molecule has 0 radical (unpaired) electrons. The van der Waals surface area contributed by atoms with Crippen LogP contribution in [0.2, 0.25) is 0 Å². The van der Waals surface area contributed by atoms with E-state index in [9.17, 15) is 4.79 Å². The summed E-state index contributed by atoms with van der Waals surface area (Å²) in [5.41, 5.74) is -0.638. The highest BCUT2D eigenvalue weighted by Gasteiger charge is 2.35. The fourth-order valence-corrected chi connectivity index (χ4v) is 1.59. The van der Waals surface area contributed by atoms with Crippen molar-refractivity contribution >= 4 is 12.1 Å². The van der Waals surface area contributed by atoms with Crippen LogP contribution in [-0.4, -0.2) is 34.2 Å². The van der Waals surface area contributed by atoms with Crippen LogP contribution in [0.25, 0.3) is 0 Å². The molecule has 6 heteroatoms. The fourth-order valence-electron chi connectivity index (χ4n) is 1.59. The van der Waals surface area contributed by atoms with E-state index in [0.29, 0.717) is 0 Å². The molecular formula is C10H16N4O2. The van der Waals surface area contributed by atoms with Crippen LogP contribution in [0.5, 0.6) is 0 Å². The van der Waals surface area contributed by atoms with Crippen LogP contribution in [0.1, 0.15) is 19.9 Å². The van der Waals surface area contributed by atoms with Gasteiger partial charge in [0.15, 0.2) is 0 Å². The second-order valence-electron chi connectivity index (χ2n) is 4.07. The predicted octanol–water partition coefficient (Wildman–Crippen LogP) is 0.656. The number of hydrogen-bond donors (Lipinski definition) is 2. The maximum atomic E-state index is 11.8. The van der Waals surface area contributed by atoms with Gasteiger partial charge in [-0.2, -0.15) is 5.10 Å². The molecule has 1 rings (SSSR count). The number of nitrogens with zero attached hydrogens (tertiary/aromatic N) is 3. The third-order valence-corrected chi connectivity index (χ3v) is 2.38. The number of likely N-dealkylation sites (N-methyl/N-ethyl adjacent to an activating group) is 1. The van der Waals surface area contributed by atoms with Gasteiger partial charge in [-0.25, -0.2) is 0 Å². The third-order valence-electron chi connectivity index (χ3n) is 2.38. The largest absolute Gasteiger partial charge is 0.411 e. The van der Waals surface area contributed by atoms with E-state index in [2.05, 4.69) is 15.6 Å². The van der Waals surface area contributed by atoms with Gasteiger partial charge in [0.05, 0.1) is 6.21 Å². The monoisotopic (exact) mass is 224 g/mol. The SMILES string of the molecule is CNC(=O)C(n1cccn1)C(C)(C)C=NO. The Hall–Kier alpha value is -1.85. The first-order valence-electron chi connectivity index (χ1n) is 4.92. The first-order chi connectivity index (χ1) is 7.53. The van der Waals surface area contributed by atoms with Crippen LogP contribution in [0.4, 0.5) is 0 Å². The van der Waals surface area contributed by atoms with Crippen molar-refractivity contribution in [3.05, 3.63) is 18.5 Å². The Kier molecular flexibility index (Phi) is 3.65. The lowest BCUT2D eigenvalue weighted by molar-refractivity contribution is -0.126. The van der Waals surface area contributed by atoms with Crippen molar-refractivity contribution in [1.82, 2.24) is 15.1 Å². The van der Waals surface area contributed by atoms with Gasteiger partial charge in [-0.05, 0) is 6.07 Å². The molecule has 88 valence electrons. The molecule has 0 aliphatic carbocycles. The quantitative estimate of drug-likeness (QED) is 0.448. The maximum Gasteiger partial charge on any atom is 0.245 e. The Labute approximate surface area is 93.9 Å². The van der Waals surface area contributed by atoms with E-state index in [-0.39, 0.29) is 5.91 Å². The second kappa shape index (κ2) is 4.78. The molecule has 16 heavy (non-hydrogen) atoms. The summed E-state index contributed by atoms with van der Waals surface area (Å²) in [6.45, 7) is 3.60. The molecule has 1 atom stereocenters. The zero-order chi connectivity index (χ0) is 12.2. The van der Waals surface area contributed by atoms with Crippen molar-refractivity contribution in [2.24, 2.45) is 10.6 Å². The minimum atomic E-state index is -0.638. The Morgan fingerprint density at radius 1 is 1.69 bits per heavy atom. The van der Waals surface area contributed by atoms with Crippen LogP contribution in [0.15, 0.2) is 23.6 Å². The van der Waals surface area contributed by atoms with E-state index in [1.165, 1.54) is 6.21 Å². The minimum absolute atomic E-state index is 0.186. The van der Waals surface area contributed by atoms with Crippen LogP contribution in [0.3, 0.4) is 0 Å². The molecule has 1 aromatic rings. The molecule has 0 fully saturated rings. The van der Waals surface area contributed by atoms with Gasteiger partial charge in [-0.15, -0.1) is 5.16 Å². The number of nitrogens with one attached hydrogen (secondary N) is 1. The topological polar surface area (TPSA) is 79.5 Å². The van der Waals surface area contributed by atoms with Gasteiger partial charge >= 0.3 is 0 Å². The summed E-state index contributed by atoms with van der Waals surface area (Å²) in [4.78, 5) is 11.8. The Balaban J connectivity index is 3.11. The molecule has 1 heterocycles. The first-order valence-corrected chi connectivity index (χ1v) is 4.92. The third kappa shape index (κ3) is 2.39. The van der Waals surface area contributed by atoms with Gasteiger partial charge in [0, 0.05) is 24.9 Å². The molecule has 0 aromatic carbocycles. The highest BCUT2D eigenvalue weighted by Crippen LogP contribution is 2.28. The second-order valence-corrected chi connectivity index (χ2v) is 4.07. The van der Waals surface area contributed by atoms with Gasteiger partial charge < -0.3 is 10.5 Å². The number of carbonyl (C=O) groups excluding carboxylic acids is 1. The fraction of sp³-hybridized carbons (Fsp3) is 0.500. The van der Waals surface area contributed by atoms with Crippen molar-refractivity contribution in [3.8, 4) is 0 Å². The average molecular weight is 224 g/mol. The molecule has 0 spiro atoms. The zero-order valence-corrected chi connectivity index (χ0v) is 9.58. The van der Waals surface area contributed by atoms with Crippen LogP contribution in [0, 0.1) is 5.41 Å². The molecule has 1 unspecified atom stereocenters. The maximum absolute atomic E-state index is 11.8. The first kappa shape index (κ1) is 12.2. The van der Waals surface area contributed by atoms with E-state index >= 15 is 0 Å². The number of rotatable bonds is 4. The Morgan fingerprint density at radius 3 is 2.81 bits per heavy atom. The molecule has 0 aliphatic rings. The predicted molar refractivity (Wildman–Crippen MR) is 59.4 cm³/mol. The molecule has 2 N–H and O–H groups in total. The minimum Gasteiger partial charge on any atom is -0.411 e. The van der Waals surface area contributed by atoms with Gasteiger partial charge in [0.25, 0.3) is 0 Å². The smallest absolute Gasteiger partial charge is 0.245 e. The summed E-state index contributed by atoms with van der Waals surface area (Å²) in [7, 11) is 1.56. The summed E-state index contributed by atoms with van der Waals surface area (Å²) in [5.74, 6) is -0.186. The highest BCUT2D eigenvalue weighted by atomic mass is 16.4. The van der Waals surface area contributed by atoms with Gasteiger partial charge in [0.2, 0.25) is 5.91 Å². The molecule has 0 saturated heterocycles. The van der Waals surface area contributed by atoms with Crippen LogP contribution in [-0.2, 0) is 4.79 Å². The van der Waals surface area contributed by atoms with E-state index in [1.807, 2.05) is 0 Å². The number of carbonyl (C=O) groups is 1. The standard InChI is InChI=1S/C10H16N4O2/c1-10(2,7-13-16)8(9(15)11-3)14-6-4-5-12-14/h4-8,16H,1-3H3,(H,11,15). The molecular weight excluding hydrogens is 208 g/mol. The number of amides is 1. The highest BCUT2D eigenvalue weighted by molar-refractivity contribution is 5.85. The Bertz CT molecular complexity index is 370. The number of aromatic nitrogens is 2. The number of hydrogen-bond acceptors (Lipinski definition) is 4. The van der Waals surface area contributed by atoms with Gasteiger partial charge in [-0.3, -0.25) is 9.48 Å². The van der Waals surface area contributed by atoms with Crippen LogP contribution >= 0.6 is 0 Å². The number of oxime groups is 1. The Morgan fingerprint density at radius 2 is 2.38 bits per heavy atom. The lowest BCUT2D eigenvalue weighted by atomic mass is 9.85. The molecule has 0 saturated carbocycles. The van der Waals surface area contributed by atoms with Crippen molar-refractivity contribution in [3.63, 3.8) is 0 Å². The van der Waals surface area contributed by atoms with Crippen LogP contribution < -0.4 is 5.32 Å². The van der Waals surface area contributed by atoms with E-state index < -0.39 is 11.5 Å². The van der Waals surface area contributed by atoms with Crippen molar-refractivity contribution in [1.29, 1.82) is 0 Å². The van der Waals surface area contributed by atoms with E-state index in [0.717, 1.165) is 0 Å². The molecule has 0 aliphatic heterocycles. The van der Waals surface area contributed by atoms with Gasteiger partial charge in [-0.1, -0.05) is 13.8 Å². The normalized spacial score (nSPS) is 13.9. The summed E-state index contributed by atoms with van der Waals surface area (Å²) < 4.78 is 1.54. The van der Waals surface area contributed by atoms with E-state index in [1.54, 1.807) is 44.0 Å². The summed E-state index contributed by atoms with van der Waals surface area (Å²) >= 11 is 0. The molecule has 1 aromatic heterocycles. The average Bonchev–Trinajstić information content (AvgIpc) is 2.70. The van der Waals surface area contributed by atoms with E-state index in [4.69, 9.17) is 5.21 Å². The lowest BCUT2D eigenvalue weighted by Gasteiger charge is -2.28. The molecule has 6 nitrogen and oxygen atoms in total. The van der Waals surface area contributed by atoms with Gasteiger partial charge in [0.1, 0.15) is 6.04 Å². The summed E-state index contributed by atoms with van der Waals surface area (Å²) in [6, 6.07) is 1.19. The summed E-state index contributed by atoms with van der Waals surface area (Å²) in [5, 5.41) is 18.2. The van der Waals surface area contributed by atoms with Crippen molar-refractivity contribution < 1.29 is 10.0 Å².